The van der Waals surface area contributed by atoms with E-state index < -0.39 is 12.1 Å². The first-order valence-electron chi connectivity index (χ1n) is 3.94. The molecule has 1 aromatic carbocycles. The van der Waals surface area contributed by atoms with E-state index in [1.165, 1.54) is 0 Å². The van der Waals surface area contributed by atoms with Crippen molar-refractivity contribution in [3.63, 3.8) is 0 Å². The average Bonchev–Trinajstić information content (AvgIpc) is 2.03. The van der Waals surface area contributed by atoms with E-state index in [1.807, 2.05) is 0 Å². The largest absolute Gasteiger partial charge is 0.508 e. The monoisotopic (exact) mass is 245 g/mol. The van der Waals surface area contributed by atoms with Crippen molar-refractivity contribution >= 4 is 15.9 Å². The fourth-order valence-electron chi connectivity index (χ4n) is 1.05. The van der Waals surface area contributed by atoms with Crippen molar-refractivity contribution in [2.45, 2.75) is 19.1 Å². The first-order valence-corrected chi connectivity index (χ1v) is 4.73. The Labute approximate surface area is 85.3 Å². The highest BCUT2D eigenvalue weighted by Crippen LogP contribution is 2.27. The second-order valence-corrected chi connectivity index (χ2v) is 3.83. The summed E-state index contributed by atoms with van der Waals surface area (Å²) in [4.78, 5) is 0. The van der Waals surface area contributed by atoms with Crippen LogP contribution in [0.4, 0.5) is 0 Å². The lowest BCUT2D eigenvalue weighted by atomic mass is 10.0. The summed E-state index contributed by atoms with van der Waals surface area (Å²) < 4.78 is 0.709. The van der Waals surface area contributed by atoms with Gasteiger partial charge in [-0.05, 0) is 24.6 Å². The Morgan fingerprint density at radius 1 is 1.46 bits per heavy atom. The van der Waals surface area contributed by atoms with Crippen molar-refractivity contribution in [2.24, 2.45) is 5.73 Å². The van der Waals surface area contributed by atoms with Gasteiger partial charge in [-0.15, -0.1) is 0 Å². The lowest BCUT2D eigenvalue weighted by molar-refractivity contribution is 0.164. The molecule has 0 fully saturated rings. The van der Waals surface area contributed by atoms with Gasteiger partial charge in [-0.2, -0.15) is 0 Å². The zero-order valence-corrected chi connectivity index (χ0v) is 8.82. The van der Waals surface area contributed by atoms with Crippen molar-refractivity contribution < 1.29 is 10.2 Å². The van der Waals surface area contributed by atoms with Gasteiger partial charge in [-0.3, -0.25) is 0 Å². The molecule has 0 radical (unpaired) electrons. The van der Waals surface area contributed by atoms with E-state index >= 15 is 0 Å². The zero-order chi connectivity index (χ0) is 10.0. The number of aromatic hydroxyl groups is 1. The van der Waals surface area contributed by atoms with Gasteiger partial charge in [0.2, 0.25) is 0 Å². The van der Waals surface area contributed by atoms with Crippen LogP contribution in [0.15, 0.2) is 22.7 Å². The van der Waals surface area contributed by atoms with E-state index in [2.05, 4.69) is 15.9 Å². The SMILES string of the molecule is C[C@H](O)[C@@H](N)c1ccc(O)cc1Br. The first-order chi connectivity index (χ1) is 6.02. The second-order valence-electron chi connectivity index (χ2n) is 2.97. The third-order valence-electron chi connectivity index (χ3n) is 1.86. The van der Waals surface area contributed by atoms with Crippen LogP contribution < -0.4 is 5.73 Å². The van der Waals surface area contributed by atoms with Gasteiger partial charge in [-0.25, -0.2) is 0 Å². The number of halogens is 1. The molecular formula is C9H12BrNO2. The highest BCUT2D eigenvalue weighted by molar-refractivity contribution is 9.10. The lowest BCUT2D eigenvalue weighted by Gasteiger charge is -2.16. The molecule has 72 valence electrons. The molecule has 2 atom stereocenters. The molecule has 0 bridgehead atoms. The van der Waals surface area contributed by atoms with Crippen LogP contribution in [0.3, 0.4) is 0 Å². The van der Waals surface area contributed by atoms with Gasteiger partial charge in [0.15, 0.2) is 0 Å². The summed E-state index contributed by atoms with van der Waals surface area (Å²) in [5.74, 6) is 0.174. The highest BCUT2D eigenvalue weighted by Gasteiger charge is 2.14. The Balaban J connectivity index is 3.01. The Kier molecular flexibility index (Phi) is 3.30. The molecule has 0 unspecified atom stereocenters. The van der Waals surface area contributed by atoms with Crippen LogP contribution in [0.5, 0.6) is 5.75 Å². The summed E-state index contributed by atoms with van der Waals surface area (Å²) in [6.45, 7) is 1.63. The van der Waals surface area contributed by atoms with Gasteiger partial charge in [0, 0.05) is 4.47 Å². The van der Waals surface area contributed by atoms with Crippen LogP contribution in [-0.4, -0.2) is 16.3 Å². The molecular weight excluding hydrogens is 234 g/mol. The minimum atomic E-state index is -0.610. The minimum absolute atomic E-state index is 0.174. The van der Waals surface area contributed by atoms with Crippen molar-refractivity contribution in [1.82, 2.24) is 0 Å². The van der Waals surface area contributed by atoms with E-state index in [1.54, 1.807) is 25.1 Å². The van der Waals surface area contributed by atoms with E-state index in [0.717, 1.165) is 5.56 Å². The number of phenols is 1. The normalized spacial score (nSPS) is 15.4. The summed E-state index contributed by atoms with van der Waals surface area (Å²) in [5, 5.41) is 18.4. The smallest absolute Gasteiger partial charge is 0.116 e. The fraction of sp³-hybridized carbons (Fsp3) is 0.333. The quantitative estimate of drug-likeness (QED) is 0.741. The van der Waals surface area contributed by atoms with Gasteiger partial charge >= 0.3 is 0 Å². The molecule has 3 nitrogen and oxygen atoms in total. The molecule has 1 aromatic rings. The molecule has 4 N–H and O–H groups in total. The third kappa shape index (κ3) is 2.43. The van der Waals surface area contributed by atoms with Crippen LogP contribution in [0, 0.1) is 0 Å². The number of rotatable bonds is 2. The standard InChI is InChI=1S/C9H12BrNO2/c1-5(12)9(11)7-3-2-6(13)4-8(7)10/h2-5,9,12-13H,11H2,1H3/t5-,9+/m0/s1. The van der Waals surface area contributed by atoms with Gasteiger partial charge in [0.1, 0.15) is 5.75 Å². The van der Waals surface area contributed by atoms with Crippen LogP contribution in [0.1, 0.15) is 18.5 Å². The summed E-state index contributed by atoms with van der Waals surface area (Å²) in [5.41, 5.74) is 6.51. The second kappa shape index (κ2) is 4.09. The number of aliphatic hydroxyl groups excluding tert-OH is 1. The van der Waals surface area contributed by atoms with Crippen molar-refractivity contribution in [2.75, 3.05) is 0 Å². The average molecular weight is 246 g/mol. The predicted molar refractivity (Wildman–Crippen MR) is 54.4 cm³/mol. The molecule has 0 saturated carbocycles. The number of benzene rings is 1. The van der Waals surface area contributed by atoms with E-state index in [9.17, 15) is 5.11 Å². The molecule has 0 spiro atoms. The number of nitrogens with two attached hydrogens (primary N) is 1. The topological polar surface area (TPSA) is 66.5 Å². The molecule has 0 aliphatic rings. The Hall–Kier alpha value is -0.580. The minimum Gasteiger partial charge on any atom is -0.508 e. The van der Waals surface area contributed by atoms with Crippen LogP contribution in [-0.2, 0) is 0 Å². The molecule has 0 aliphatic carbocycles. The maximum atomic E-state index is 9.26. The van der Waals surface area contributed by atoms with Gasteiger partial charge in [-0.1, -0.05) is 22.0 Å². The molecule has 13 heavy (non-hydrogen) atoms. The predicted octanol–water partition coefficient (Wildman–Crippen LogP) is 1.54. The molecule has 0 amide bonds. The van der Waals surface area contributed by atoms with Crippen molar-refractivity contribution in [1.29, 1.82) is 0 Å². The summed E-state index contributed by atoms with van der Waals surface area (Å²) >= 11 is 3.26. The molecule has 0 heterocycles. The first kappa shape index (κ1) is 10.5. The molecule has 0 saturated heterocycles. The fourth-order valence-corrected chi connectivity index (χ4v) is 1.68. The number of phenolic OH excluding ortho intramolecular Hbond substituents is 1. The summed E-state index contributed by atoms with van der Waals surface area (Å²) in [6.07, 6.45) is -0.610. The molecule has 1 rings (SSSR count). The molecule has 0 aliphatic heterocycles. The Bertz CT molecular complexity index is 302. The number of aliphatic hydroxyl groups is 1. The Morgan fingerprint density at radius 3 is 2.54 bits per heavy atom. The van der Waals surface area contributed by atoms with Crippen LogP contribution in [0.2, 0.25) is 0 Å². The third-order valence-corrected chi connectivity index (χ3v) is 2.55. The van der Waals surface area contributed by atoms with Crippen molar-refractivity contribution in [3.05, 3.63) is 28.2 Å². The summed E-state index contributed by atoms with van der Waals surface area (Å²) in [6, 6.07) is 4.35. The van der Waals surface area contributed by atoms with Crippen LogP contribution in [0.25, 0.3) is 0 Å². The Morgan fingerprint density at radius 2 is 2.08 bits per heavy atom. The van der Waals surface area contributed by atoms with E-state index in [0.29, 0.717) is 4.47 Å². The van der Waals surface area contributed by atoms with E-state index in [-0.39, 0.29) is 5.75 Å². The zero-order valence-electron chi connectivity index (χ0n) is 7.24. The van der Waals surface area contributed by atoms with E-state index in [4.69, 9.17) is 10.8 Å². The maximum Gasteiger partial charge on any atom is 0.116 e. The summed E-state index contributed by atoms with van der Waals surface area (Å²) in [7, 11) is 0. The van der Waals surface area contributed by atoms with Gasteiger partial charge in [0.05, 0.1) is 12.1 Å². The highest BCUT2D eigenvalue weighted by atomic mass is 79.9. The van der Waals surface area contributed by atoms with Crippen molar-refractivity contribution in [3.8, 4) is 5.75 Å². The van der Waals surface area contributed by atoms with Gasteiger partial charge in [0.25, 0.3) is 0 Å². The molecule has 0 aromatic heterocycles. The van der Waals surface area contributed by atoms with Crippen LogP contribution >= 0.6 is 15.9 Å². The molecule has 4 heteroatoms. The maximum absolute atomic E-state index is 9.26. The van der Waals surface area contributed by atoms with Gasteiger partial charge < -0.3 is 15.9 Å². The lowest BCUT2D eigenvalue weighted by Crippen LogP contribution is -2.23. The number of hydrogen-bond donors (Lipinski definition) is 3. The number of hydrogen-bond acceptors (Lipinski definition) is 3.